The summed E-state index contributed by atoms with van der Waals surface area (Å²) in [5.41, 5.74) is 0. The number of benzene rings is 2. The fourth-order valence-electron chi connectivity index (χ4n) is 1.85. The van der Waals surface area contributed by atoms with Gasteiger partial charge in [-0.25, -0.2) is 0 Å². The van der Waals surface area contributed by atoms with E-state index in [1.807, 2.05) is 6.07 Å². The molecule has 0 amide bonds. The molecule has 0 spiro atoms. The highest BCUT2D eigenvalue weighted by Gasteiger charge is 1.98. The Balaban J connectivity index is 1.95. The lowest BCUT2D eigenvalue weighted by Gasteiger charge is -2.07. The summed E-state index contributed by atoms with van der Waals surface area (Å²) in [5, 5.41) is 5.72. The van der Waals surface area contributed by atoms with E-state index >= 15 is 0 Å². The van der Waals surface area contributed by atoms with Crippen molar-refractivity contribution in [2.45, 2.75) is 13.3 Å². The summed E-state index contributed by atoms with van der Waals surface area (Å²) >= 11 is 3.48. The Hall–Kier alpha value is -1.06. The molecule has 0 saturated heterocycles. The number of nitrogens with one attached hydrogen (secondary N) is 1. The van der Waals surface area contributed by atoms with Crippen LogP contribution >= 0.6 is 15.9 Å². The Morgan fingerprint density at radius 3 is 2.72 bits per heavy atom. The third-order valence-corrected chi connectivity index (χ3v) is 3.28. The Kier molecular flexibility index (Phi) is 5.02. The molecule has 0 radical (unpaired) electrons. The first-order valence-corrected chi connectivity index (χ1v) is 7.12. The molecule has 2 nitrogen and oxygen atoms in total. The quantitative estimate of drug-likeness (QED) is 0.815. The van der Waals surface area contributed by atoms with Crippen molar-refractivity contribution in [1.29, 1.82) is 0 Å². The molecule has 0 aliphatic heterocycles. The van der Waals surface area contributed by atoms with Crippen molar-refractivity contribution >= 4 is 26.7 Å². The topological polar surface area (TPSA) is 21.3 Å². The van der Waals surface area contributed by atoms with Gasteiger partial charge in [0, 0.05) is 4.47 Å². The second-order valence-electron chi connectivity index (χ2n) is 4.21. The van der Waals surface area contributed by atoms with Crippen molar-refractivity contribution in [3.05, 3.63) is 40.9 Å². The minimum atomic E-state index is 0.759. The molecule has 0 atom stereocenters. The molecule has 3 heteroatoms. The van der Waals surface area contributed by atoms with Gasteiger partial charge in [-0.3, -0.25) is 0 Å². The van der Waals surface area contributed by atoms with E-state index in [1.54, 1.807) is 0 Å². The molecule has 0 aliphatic rings. The molecular formula is C15H18BrNO. The zero-order chi connectivity index (χ0) is 12.8. The van der Waals surface area contributed by atoms with Gasteiger partial charge in [-0.1, -0.05) is 35.0 Å². The smallest absolute Gasteiger partial charge is 0.119 e. The third kappa shape index (κ3) is 3.72. The molecule has 2 rings (SSSR count). The molecule has 18 heavy (non-hydrogen) atoms. The Bertz CT molecular complexity index is 513. The van der Waals surface area contributed by atoms with E-state index in [4.69, 9.17) is 4.74 Å². The zero-order valence-corrected chi connectivity index (χ0v) is 12.2. The van der Waals surface area contributed by atoms with E-state index in [9.17, 15) is 0 Å². The van der Waals surface area contributed by atoms with E-state index in [1.165, 1.54) is 10.8 Å². The molecule has 0 saturated carbocycles. The number of fused-ring (bicyclic) bond motifs is 1. The van der Waals surface area contributed by atoms with Crippen LogP contribution in [0.1, 0.15) is 13.3 Å². The van der Waals surface area contributed by atoms with E-state index in [-0.39, 0.29) is 0 Å². The van der Waals surface area contributed by atoms with Gasteiger partial charge in [0.25, 0.3) is 0 Å². The Labute approximate surface area is 116 Å². The molecule has 0 unspecified atom stereocenters. The minimum absolute atomic E-state index is 0.759. The van der Waals surface area contributed by atoms with Crippen molar-refractivity contribution in [2.75, 3.05) is 19.7 Å². The largest absolute Gasteiger partial charge is 0.494 e. The summed E-state index contributed by atoms with van der Waals surface area (Å²) in [6, 6.07) is 12.5. The van der Waals surface area contributed by atoms with Crippen molar-refractivity contribution in [3.8, 4) is 5.75 Å². The number of rotatable bonds is 6. The second-order valence-corrected chi connectivity index (χ2v) is 5.12. The highest BCUT2D eigenvalue weighted by molar-refractivity contribution is 9.10. The first-order chi connectivity index (χ1) is 8.79. The summed E-state index contributed by atoms with van der Waals surface area (Å²) in [5.74, 6) is 0.946. The molecule has 2 aromatic carbocycles. The molecule has 2 aromatic rings. The molecule has 0 heterocycles. The SMILES string of the molecule is CCNCCCOc1ccc2cc(Br)ccc2c1. The van der Waals surface area contributed by atoms with Gasteiger partial charge in [-0.2, -0.15) is 0 Å². The number of ether oxygens (including phenoxy) is 1. The Morgan fingerprint density at radius 2 is 1.89 bits per heavy atom. The Morgan fingerprint density at radius 1 is 1.11 bits per heavy atom. The summed E-state index contributed by atoms with van der Waals surface area (Å²) in [7, 11) is 0. The van der Waals surface area contributed by atoms with Crippen molar-refractivity contribution in [1.82, 2.24) is 5.32 Å². The summed E-state index contributed by atoms with van der Waals surface area (Å²) in [6.45, 7) is 4.90. The first-order valence-electron chi connectivity index (χ1n) is 6.32. The summed E-state index contributed by atoms with van der Waals surface area (Å²) in [6.07, 6.45) is 1.03. The van der Waals surface area contributed by atoms with Crippen LogP contribution < -0.4 is 10.1 Å². The van der Waals surface area contributed by atoms with Crippen LogP contribution in [-0.2, 0) is 0 Å². The average Bonchev–Trinajstić information content (AvgIpc) is 2.38. The van der Waals surface area contributed by atoms with Crippen molar-refractivity contribution < 1.29 is 4.74 Å². The van der Waals surface area contributed by atoms with Gasteiger partial charge >= 0.3 is 0 Å². The van der Waals surface area contributed by atoms with Crippen LogP contribution in [0.5, 0.6) is 5.75 Å². The van der Waals surface area contributed by atoms with Crippen LogP contribution in [0.2, 0.25) is 0 Å². The molecule has 0 aliphatic carbocycles. The predicted octanol–water partition coefficient (Wildman–Crippen LogP) is 3.98. The zero-order valence-electron chi connectivity index (χ0n) is 10.6. The normalized spacial score (nSPS) is 10.8. The maximum atomic E-state index is 5.74. The van der Waals surface area contributed by atoms with Crippen LogP contribution in [0.4, 0.5) is 0 Å². The van der Waals surface area contributed by atoms with Gasteiger partial charge in [0.05, 0.1) is 6.61 Å². The molecule has 96 valence electrons. The van der Waals surface area contributed by atoms with Crippen molar-refractivity contribution in [3.63, 3.8) is 0 Å². The standard InChI is InChI=1S/C15H18BrNO/c1-2-17-8-3-9-18-15-7-5-12-10-14(16)6-4-13(12)11-15/h4-7,10-11,17H,2-3,8-9H2,1H3. The van der Waals surface area contributed by atoms with Gasteiger partial charge < -0.3 is 10.1 Å². The highest BCUT2D eigenvalue weighted by atomic mass is 79.9. The maximum Gasteiger partial charge on any atom is 0.119 e. The van der Waals surface area contributed by atoms with E-state index in [0.717, 1.165) is 36.3 Å². The van der Waals surface area contributed by atoms with Crippen LogP contribution in [-0.4, -0.2) is 19.7 Å². The predicted molar refractivity (Wildman–Crippen MR) is 80.3 cm³/mol. The van der Waals surface area contributed by atoms with Crippen molar-refractivity contribution in [2.24, 2.45) is 0 Å². The van der Waals surface area contributed by atoms with Crippen LogP contribution in [0.3, 0.4) is 0 Å². The number of hydrogen-bond donors (Lipinski definition) is 1. The molecule has 0 bridgehead atoms. The minimum Gasteiger partial charge on any atom is -0.494 e. The van der Waals surface area contributed by atoms with Gasteiger partial charge in [0.1, 0.15) is 5.75 Å². The lowest BCUT2D eigenvalue weighted by atomic mass is 10.1. The fraction of sp³-hybridized carbons (Fsp3) is 0.333. The van der Waals surface area contributed by atoms with E-state index in [2.05, 4.69) is 58.5 Å². The van der Waals surface area contributed by atoms with Crippen LogP contribution in [0.15, 0.2) is 40.9 Å². The van der Waals surface area contributed by atoms with E-state index in [0.29, 0.717) is 0 Å². The average molecular weight is 308 g/mol. The van der Waals surface area contributed by atoms with Gasteiger partial charge in [-0.15, -0.1) is 0 Å². The number of hydrogen-bond acceptors (Lipinski definition) is 2. The number of halogens is 1. The molecule has 0 aromatic heterocycles. The van der Waals surface area contributed by atoms with Gasteiger partial charge in [0.2, 0.25) is 0 Å². The van der Waals surface area contributed by atoms with Gasteiger partial charge in [-0.05, 0) is 54.5 Å². The second kappa shape index (κ2) is 6.76. The van der Waals surface area contributed by atoms with Crippen LogP contribution in [0.25, 0.3) is 10.8 Å². The lowest BCUT2D eigenvalue weighted by molar-refractivity contribution is 0.309. The molecule has 0 fully saturated rings. The lowest BCUT2D eigenvalue weighted by Crippen LogP contribution is -2.16. The fourth-order valence-corrected chi connectivity index (χ4v) is 2.23. The van der Waals surface area contributed by atoms with Crippen LogP contribution in [0, 0.1) is 0 Å². The van der Waals surface area contributed by atoms with E-state index < -0.39 is 0 Å². The highest BCUT2D eigenvalue weighted by Crippen LogP contribution is 2.24. The first kappa shape index (κ1) is 13.4. The monoisotopic (exact) mass is 307 g/mol. The summed E-state index contributed by atoms with van der Waals surface area (Å²) in [4.78, 5) is 0. The summed E-state index contributed by atoms with van der Waals surface area (Å²) < 4.78 is 6.85. The molecule has 1 N–H and O–H groups in total. The van der Waals surface area contributed by atoms with Gasteiger partial charge in [0.15, 0.2) is 0 Å². The molecular weight excluding hydrogens is 290 g/mol. The maximum absolute atomic E-state index is 5.74. The third-order valence-electron chi connectivity index (χ3n) is 2.79.